The minimum atomic E-state index is -1.24. The minimum Gasteiger partial charge on any atom is -0.545 e. The molecule has 6 nitrogen and oxygen atoms in total. The highest BCUT2D eigenvalue weighted by atomic mass is 32.1. The van der Waals surface area contributed by atoms with E-state index >= 15 is 0 Å². The molecule has 0 atom stereocenters. The Labute approximate surface area is 143 Å². The van der Waals surface area contributed by atoms with E-state index in [1.807, 2.05) is 30.5 Å². The number of nitrogens with zero attached hydrogens (tertiary/aromatic N) is 1. The van der Waals surface area contributed by atoms with Gasteiger partial charge >= 0.3 is 0 Å². The molecule has 0 aliphatic carbocycles. The average Bonchev–Trinajstić information content (AvgIpc) is 2.98. The van der Waals surface area contributed by atoms with Crippen LogP contribution in [0.3, 0.4) is 0 Å². The monoisotopic (exact) mass is 337 g/mol. The molecule has 0 saturated carbocycles. The highest BCUT2D eigenvalue weighted by Crippen LogP contribution is 2.15. The first-order chi connectivity index (χ1) is 11.6. The van der Waals surface area contributed by atoms with Gasteiger partial charge in [0.25, 0.3) is 0 Å². The topological polar surface area (TPSA) is 92.3 Å². The molecule has 120 valence electrons. The van der Waals surface area contributed by atoms with Crippen molar-refractivity contribution < 1.29 is 9.90 Å². The molecule has 0 radical (unpaired) electrons. The summed E-state index contributed by atoms with van der Waals surface area (Å²) in [7, 11) is 0. The van der Waals surface area contributed by atoms with Crippen molar-refractivity contribution in [1.29, 1.82) is 0 Å². The molecule has 0 fully saturated rings. The second-order valence-electron chi connectivity index (χ2n) is 4.98. The molecule has 0 aliphatic heterocycles. The van der Waals surface area contributed by atoms with Gasteiger partial charge in [0.05, 0.1) is 12.2 Å². The summed E-state index contributed by atoms with van der Waals surface area (Å²) in [6.07, 6.45) is 3.51. The number of aromatic amines is 1. The first kappa shape index (κ1) is 15.7. The quantitative estimate of drug-likeness (QED) is 0.384. The highest BCUT2D eigenvalue weighted by Gasteiger charge is 2.01. The van der Waals surface area contributed by atoms with Crippen LogP contribution in [0.4, 0.5) is 5.69 Å². The molecule has 0 saturated heterocycles. The number of benzene rings is 2. The third-order valence-corrected chi connectivity index (χ3v) is 3.54. The number of carboxylic acid groups (broad SMARTS) is 1. The van der Waals surface area contributed by atoms with Crippen molar-refractivity contribution in [2.24, 2.45) is 5.10 Å². The van der Waals surface area contributed by atoms with E-state index in [0.717, 1.165) is 16.5 Å². The van der Waals surface area contributed by atoms with E-state index in [1.165, 1.54) is 12.1 Å². The van der Waals surface area contributed by atoms with Gasteiger partial charge in [0.1, 0.15) is 0 Å². The van der Waals surface area contributed by atoms with E-state index in [0.29, 0.717) is 5.69 Å². The Morgan fingerprint density at radius 1 is 1.21 bits per heavy atom. The van der Waals surface area contributed by atoms with E-state index in [9.17, 15) is 9.90 Å². The summed E-state index contributed by atoms with van der Waals surface area (Å²) < 4.78 is 0. The maximum atomic E-state index is 10.8. The fourth-order valence-corrected chi connectivity index (χ4v) is 2.41. The van der Waals surface area contributed by atoms with Gasteiger partial charge in [0.2, 0.25) is 0 Å². The van der Waals surface area contributed by atoms with Gasteiger partial charge in [-0.3, -0.25) is 5.43 Å². The highest BCUT2D eigenvalue weighted by molar-refractivity contribution is 7.80. The van der Waals surface area contributed by atoms with Crippen LogP contribution in [0, 0.1) is 0 Å². The Bertz CT molecular complexity index is 933. The summed E-state index contributed by atoms with van der Waals surface area (Å²) in [5, 5.41) is 19.1. The van der Waals surface area contributed by atoms with Crippen LogP contribution >= 0.6 is 12.2 Å². The molecule has 7 heteroatoms. The molecule has 0 amide bonds. The number of fused-ring (bicyclic) bond motifs is 1. The van der Waals surface area contributed by atoms with Gasteiger partial charge < -0.3 is 20.2 Å². The van der Waals surface area contributed by atoms with Gasteiger partial charge in [-0.1, -0.05) is 30.3 Å². The Hall–Kier alpha value is -3.19. The predicted octanol–water partition coefficient (Wildman–Crippen LogP) is 1.85. The van der Waals surface area contributed by atoms with Crippen molar-refractivity contribution in [2.75, 3.05) is 5.32 Å². The number of nitrogens with one attached hydrogen (secondary N) is 3. The van der Waals surface area contributed by atoms with Crippen LogP contribution in [0.15, 0.2) is 59.8 Å². The van der Waals surface area contributed by atoms with Crippen LogP contribution in [-0.4, -0.2) is 22.3 Å². The molecule has 24 heavy (non-hydrogen) atoms. The van der Waals surface area contributed by atoms with Crippen LogP contribution in [0.2, 0.25) is 0 Å². The SMILES string of the molecule is O=C([O-])c1cccc(NC(=S)NN=Cc2c[nH]c3ccccc23)c1. The van der Waals surface area contributed by atoms with Gasteiger partial charge in [-0.05, 0) is 36.0 Å². The number of rotatable bonds is 4. The maximum Gasteiger partial charge on any atom is 0.191 e. The van der Waals surface area contributed by atoms with E-state index in [4.69, 9.17) is 12.2 Å². The number of aromatic nitrogens is 1. The molecule has 3 aromatic rings. The van der Waals surface area contributed by atoms with Crippen LogP contribution < -0.4 is 15.8 Å². The summed E-state index contributed by atoms with van der Waals surface area (Å²) in [4.78, 5) is 14.0. The van der Waals surface area contributed by atoms with Crippen LogP contribution in [-0.2, 0) is 0 Å². The number of para-hydroxylation sites is 1. The summed E-state index contributed by atoms with van der Waals surface area (Å²) in [6, 6.07) is 14.1. The van der Waals surface area contributed by atoms with Crippen molar-refractivity contribution in [1.82, 2.24) is 10.4 Å². The summed E-state index contributed by atoms with van der Waals surface area (Å²) >= 11 is 5.13. The van der Waals surface area contributed by atoms with Gasteiger partial charge in [-0.25, -0.2) is 0 Å². The van der Waals surface area contributed by atoms with Gasteiger partial charge in [0.15, 0.2) is 5.11 Å². The smallest absolute Gasteiger partial charge is 0.191 e. The molecule has 3 rings (SSSR count). The number of carbonyl (C=O) groups excluding carboxylic acids is 1. The number of carbonyl (C=O) groups is 1. The Morgan fingerprint density at radius 3 is 2.88 bits per heavy atom. The Kier molecular flexibility index (Phi) is 4.53. The lowest BCUT2D eigenvalue weighted by Crippen LogP contribution is -2.25. The molecule has 1 heterocycles. The summed E-state index contributed by atoms with van der Waals surface area (Å²) in [5.41, 5.74) is 5.27. The van der Waals surface area contributed by atoms with E-state index in [1.54, 1.807) is 18.3 Å². The Balaban J connectivity index is 1.63. The summed E-state index contributed by atoms with van der Waals surface area (Å²) in [5.74, 6) is -1.24. The molecule has 0 unspecified atom stereocenters. The molecular formula is C17H13N4O2S-. The first-order valence-electron chi connectivity index (χ1n) is 7.11. The van der Waals surface area contributed by atoms with Crippen molar-refractivity contribution in [2.45, 2.75) is 0 Å². The van der Waals surface area contributed by atoms with Crippen molar-refractivity contribution >= 4 is 46.1 Å². The minimum absolute atomic E-state index is 0.0742. The number of hydrogen-bond acceptors (Lipinski definition) is 4. The zero-order chi connectivity index (χ0) is 16.9. The lowest BCUT2D eigenvalue weighted by molar-refractivity contribution is -0.255. The number of aromatic carboxylic acids is 1. The number of thiocarbonyl (C=S) groups is 1. The maximum absolute atomic E-state index is 10.8. The lowest BCUT2D eigenvalue weighted by Gasteiger charge is -2.09. The molecular weight excluding hydrogens is 324 g/mol. The third-order valence-electron chi connectivity index (χ3n) is 3.35. The number of hydrogen-bond donors (Lipinski definition) is 3. The fourth-order valence-electron chi connectivity index (χ4n) is 2.24. The Morgan fingerprint density at radius 2 is 2.04 bits per heavy atom. The zero-order valence-corrected chi connectivity index (χ0v) is 13.3. The second kappa shape index (κ2) is 6.93. The van der Waals surface area contributed by atoms with Crippen molar-refractivity contribution in [3.63, 3.8) is 0 Å². The number of H-pyrrole nitrogens is 1. The first-order valence-corrected chi connectivity index (χ1v) is 7.52. The largest absolute Gasteiger partial charge is 0.545 e. The molecule has 3 N–H and O–H groups in total. The molecule has 2 aromatic carbocycles. The van der Waals surface area contributed by atoms with Gasteiger partial charge in [-0.15, -0.1) is 0 Å². The van der Waals surface area contributed by atoms with Crippen LogP contribution in [0.25, 0.3) is 10.9 Å². The van der Waals surface area contributed by atoms with Crippen molar-refractivity contribution in [3.05, 3.63) is 65.9 Å². The second-order valence-corrected chi connectivity index (χ2v) is 5.39. The van der Waals surface area contributed by atoms with E-state index < -0.39 is 5.97 Å². The van der Waals surface area contributed by atoms with Gasteiger partial charge in [0, 0.05) is 28.4 Å². The van der Waals surface area contributed by atoms with E-state index in [-0.39, 0.29) is 10.7 Å². The number of hydrazone groups is 1. The summed E-state index contributed by atoms with van der Waals surface area (Å²) in [6.45, 7) is 0. The molecule has 0 bridgehead atoms. The number of anilines is 1. The van der Waals surface area contributed by atoms with Crippen LogP contribution in [0.1, 0.15) is 15.9 Å². The lowest BCUT2D eigenvalue weighted by atomic mass is 10.2. The molecule has 0 spiro atoms. The van der Waals surface area contributed by atoms with Crippen molar-refractivity contribution in [3.8, 4) is 0 Å². The predicted molar refractivity (Wildman–Crippen MR) is 96.0 cm³/mol. The van der Waals surface area contributed by atoms with E-state index in [2.05, 4.69) is 20.8 Å². The fraction of sp³-hybridized carbons (Fsp3) is 0. The number of carboxylic acids is 1. The molecule has 1 aromatic heterocycles. The van der Waals surface area contributed by atoms with Crippen LogP contribution in [0.5, 0.6) is 0 Å². The zero-order valence-electron chi connectivity index (χ0n) is 12.4. The molecule has 0 aliphatic rings. The average molecular weight is 337 g/mol. The van der Waals surface area contributed by atoms with Gasteiger partial charge in [-0.2, -0.15) is 5.10 Å². The standard InChI is InChI=1S/C17H14N4O2S/c22-16(23)11-4-3-5-13(8-11)20-17(24)21-19-10-12-9-18-15-7-2-1-6-14(12)15/h1-10,18H,(H,22,23)(H2,20,21,24)/p-1. The normalized spacial score (nSPS) is 10.8. The third kappa shape index (κ3) is 3.58.